The maximum atomic E-state index is 12.4. The fourth-order valence-corrected chi connectivity index (χ4v) is 3.83. The third-order valence-electron chi connectivity index (χ3n) is 5.61. The van der Waals surface area contributed by atoms with Crippen molar-refractivity contribution in [2.75, 3.05) is 39.9 Å². The molecule has 0 saturated carbocycles. The Morgan fingerprint density at radius 2 is 1.52 bits per heavy atom. The van der Waals surface area contributed by atoms with E-state index in [4.69, 9.17) is 9.47 Å². The molecule has 1 aromatic carbocycles. The van der Waals surface area contributed by atoms with Crippen LogP contribution in [-0.2, 0) is 9.59 Å². The van der Waals surface area contributed by atoms with Crippen LogP contribution in [0.4, 0.5) is 0 Å². The molecule has 2 aliphatic heterocycles. The molecule has 0 spiro atoms. The normalized spacial score (nSPS) is 17.8. The summed E-state index contributed by atoms with van der Waals surface area (Å²) in [7, 11) is 1.62. The van der Waals surface area contributed by atoms with Crippen molar-refractivity contribution in [3.05, 3.63) is 24.3 Å². The average Bonchev–Trinajstić information content (AvgIpc) is 3.26. The molecule has 3 rings (SSSR count). The predicted octanol–water partition coefficient (Wildman–Crippen LogP) is 2.72. The second kappa shape index (κ2) is 9.62. The summed E-state index contributed by atoms with van der Waals surface area (Å²) in [5.74, 6) is 2.30. The lowest BCUT2D eigenvalue weighted by molar-refractivity contribution is -0.135. The van der Waals surface area contributed by atoms with Crippen LogP contribution in [0, 0.1) is 5.92 Å². The van der Waals surface area contributed by atoms with E-state index in [9.17, 15) is 9.59 Å². The van der Waals surface area contributed by atoms with Crippen LogP contribution >= 0.6 is 0 Å². The fourth-order valence-electron chi connectivity index (χ4n) is 3.83. The highest BCUT2D eigenvalue weighted by atomic mass is 16.5. The summed E-state index contributed by atoms with van der Waals surface area (Å²) in [6.45, 7) is 3.44. The van der Waals surface area contributed by atoms with E-state index in [0.717, 1.165) is 64.0 Å². The smallest absolute Gasteiger partial charge is 0.260 e. The molecule has 2 amide bonds. The predicted molar refractivity (Wildman–Crippen MR) is 103 cm³/mol. The van der Waals surface area contributed by atoms with Gasteiger partial charge in [0.1, 0.15) is 11.5 Å². The summed E-state index contributed by atoms with van der Waals surface area (Å²) in [6, 6.07) is 7.23. The molecule has 0 atom stereocenters. The first kappa shape index (κ1) is 19.5. The standard InChI is InChI=1S/C21H30N2O4/c1-26-18-5-7-19(8-6-18)27-16-21(25)23-14-10-17(11-15-23)4-9-20(24)22-12-2-3-13-22/h5-8,17H,2-4,9-16H2,1H3. The van der Waals surface area contributed by atoms with Crippen molar-refractivity contribution >= 4 is 11.8 Å². The molecule has 0 N–H and O–H groups in total. The first-order valence-corrected chi connectivity index (χ1v) is 9.98. The highest BCUT2D eigenvalue weighted by Crippen LogP contribution is 2.23. The molecular weight excluding hydrogens is 344 g/mol. The van der Waals surface area contributed by atoms with Gasteiger partial charge in [-0.05, 0) is 62.3 Å². The van der Waals surface area contributed by atoms with Gasteiger partial charge in [-0.15, -0.1) is 0 Å². The zero-order valence-corrected chi connectivity index (χ0v) is 16.2. The molecule has 2 aliphatic rings. The molecule has 0 aromatic heterocycles. The lowest BCUT2D eigenvalue weighted by atomic mass is 9.92. The molecule has 27 heavy (non-hydrogen) atoms. The van der Waals surface area contributed by atoms with Crippen LogP contribution in [0.3, 0.4) is 0 Å². The van der Waals surface area contributed by atoms with Gasteiger partial charge < -0.3 is 19.3 Å². The monoisotopic (exact) mass is 374 g/mol. The summed E-state index contributed by atoms with van der Waals surface area (Å²) in [4.78, 5) is 28.4. The van der Waals surface area contributed by atoms with Gasteiger partial charge >= 0.3 is 0 Å². The number of methoxy groups -OCH3 is 1. The van der Waals surface area contributed by atoms with Crippen LogP contribution in [-0.4, -0.2) is 61.5 Å². The molecular formula is C21H30N2O4. The zero-order chi connectivity index (χ0) is 19.1. The number of carbonyl (C=O) groups excluding carboxylic acids is 2. The Hall–Kier alpha value is -2.24. The Morgan fingerprint density at radius 1 is 0.926 bits per heavy atom. The Balaban J connectivity index is 1.34. The van der Waals surface area contributed by atoms with Crippen molar-refractivity contribution in [1.29, 1.82) is 0 Å². The summed E-state index contributed by atoms with van der Waals surface area (Å²) < 4.78 is 10.7. The highest BCUT2D eigenvalue weighted by Gasteiger charge is 2.25. The summed E-state index contributed by atoms with van der Waals surface area (Å²) >= 11 is 0. The molecule has 2 fully saturated rings. The molecule has 1 aromatic rings. The van der Waals surface area contributed by atoms with Crippen LogP contribution in [0.15, 0.2) is 24.3 Å². The Labute approximate surface area is 161 Å². The molecule has 6 nitrogen and oxygen atoms in total. The number of likely N-dealkylation sites (tertiary alicyclic amines) is 2. The molecule has 6 heteroatoms. The minimum Gasteiger partial charge on any atom is -0.497 e. The zero-order valence-electron chi connectivity index (χ0n) is 16.2. The van der Waals surface area contributed by atoms with Gasteiger partial charge in [-0.1, -0.05) is 0 Å². The van der Waals surface area contributed by atoms with Crippen molar-refractivity contribution in [3.63, 3.8) is 0 Å². The number of hydrogen-bond donors (Lipinski definition) is 0. The fraction of sp³-hybridized carbons (Fsp3) is 0.619. The van der Waals surface area contributed by atoms with E-state index in [-0.39, 0.29) is 12.5 Å². The van der Waals surface area contributed by atoms with E-state index < -0.39 is 0 Å². The first-order valence-electron chi connectivity index (χ1n) is 9.98. The quantitative estimate of drug-likeness (QED) is 0.736. The number of carbonyl (C=O) groups is 2. The summed E-state index contributed by atoms with van der Waals surface area (Å²) in [5.41, 5.74) is 0. The molecule has 0 bridgehead atoms. The SMILES string of the molecule is COc1ccc(OCC(=O)N2CCC(CCC(=O)N3CCCC3)CC2)cc1. The van der Waals surface area contributed by atoms with Crippen molar-refractivity contribution in [3.8, 4) is 11.5 Å². The Bertz CT molecular complexity index is 618. The van der Waals surface area contributed by atoms with Gasteiger partial charge in [-0.2, -0.15) is 0 Å². The summed E-state index contributed by atoms with van der Waals surface area (Å²) in [5, 5.41) is 0. The van der Waals surface area contributed by atoms with Crippen molar-refractivity contribution in [1.82, 2.24) is 9.80 Å². The van der Waals surface area contributed by atoms with Crippen molar-refractivity contribution in [2.45, 2.75) is 38.5 Å². The number of rotatable bonds is 7. The minimum atomic E-state index is 0.0254. The molecule has 2 heterocycles. The van der Waals surface area contributed by atoms with Crippen LogP contribution in [0.5, 0.6) is 11.5 Å². The van der Waals surface area contributed by atoms with Gasteiger partial charge in [-0.25, -0.2) is 0 Å². The lowest BCUT2D eigenvalue weighted by Crippen LogP contribution is -2.41. The number of nitrogens with zero attached hydrogens (tertiary/aromatic N) is 2. The lowest BCUT2D eigenvalue weighted by Gasteiger charge is -2.32. The van der Waals surface area contributed by atoms with E-state index >= 15 is 0 Å². The van der Waals surface area contributed by atoms with Gasteiger partial charge in [0, 0.05) is 32.6 Å². The molecule has 0 aliphatic carbocycles. The van der Waals surface area contributed by atoms with Gasteiger partial charge in [0.2, 0.25) is 5.91 Å². The molecule has 148 valence electrons. The van der Waals surface area contributed by atoms with E-state index in [0.29, 0.717) is 24.0 Å². The van der Waals surface area contributed by atoms with Crippen molar-refractivity contribution < 1.29 is 19.1 Å². The van der Waals surface area contributed by atoms with Crippen molar-refractivity contribution in [2.24, 2.45) is 5.92 Å². The third-order valence-corrected chi connectivity index (χ3v) is 5.61. The van der Waals surface area contributed by atoms with Crippen LogP contribution in [0.25, 0.3) is 0 Å². The topological polar surface area (TPSA) is 59.1 Å². The highest BCUT2D eigenvalue weighted by molar-refractivity contribution is 5.78. The van der Waals surface area contributed by atoms with Crippen LogP contribution in [0.1, 0.15) is 38.5 Å². The first-order chi connectivity index (χ1) is 13.2. The molecule has 0 unspecified atom stereocenters. The van der Waals surface area contributed by atoms with Gasteiger partial charge in [0.15, 0.2) is 6.61 Å². The van der Waals surface area contributed by atoms with Crippen LogP contribution < -0.4 is 9.47 Å². The number of benzene rings is 1. The number of ether oxygens (including phenoxy) is 2. The van der Waals surface area contributed by atoms with E-state index in [1.807, 2.05) is 21.9 Å². The number of piperidine rings is 1. The summed E-state index contributed by atoms with van der Waals surface area (Å²) in [6.07, 6.45) is 5.83. The van der Waals surface area contributed by atoms with Gasteiger partial charge in [-0.3, -0.25) is 9.59 Å². The van der Waals surface area contributed by atoms with Gasteiger partial charge in [0.05, 0.1) is 7.11 Å². The third kappa shape index (κ3) is 5.62. The second-order valence-electron chi connectivity index (χ2n) is 7.41. The number of amides is 2. The maximum absolute atomic E-state index is 12.4. The Morgan fingerprint density at radius 3 is 2.15 bits per heavy atom. The second-order valence-corrected chi connectivity index (χ2v) is 7.41. The van der Waals surface area contributed by atoms with E-state index in [1.165, 1.54) is 0 Å². The van der Waals surface area contributed by atoms with Crippen LogP contribution in [0.2, 0.25) is 0 Å². The number of hydrogen-bond acceptors (Lipinski definition) is 4. The molecule has 0 radical (unpaired) electrons. The Kier molecular flexibility index (Phi) is 6.96. The average molecular weight is 374 g/mol. The van der Waals surface area contributed by atoms with Gasteiger partial charge in [0.25, 0.3) is 5.91 Å². The van der Waals surface area contributed by atoms with E-state index in [1.54, 1.807) is 19.2 Å². The van der Waals surface area contributed by atoms with E-state index in [2.05, 4.69) is 0 Å². The molecule has 2 saturated heterocycles. The largest absolute Gasteiger partial charge is 0.497 e. The minimum absolute atomic E-state index is 0.0254. The maximum Gasteiger partial charge on any atom is 0.260 e.